The Kier molecular flexibility index (Phi) is 7.81. The molecule has 0 bridgehead atoms. The van der Waals surface area contributed by atoms with Crippen molar-refractivity contribution >= 4 is 28.6 Å². The normalized spacial score (nSPS) is 12.3. The third kappa shape index (κ3) is 6.28. The van der Waals surface area contributed by atoms with Gasteiger partial charge in [-0.15, -0.1) is 0 Å². The predicted octanol–water partition coefficient (Wildman–Crippen LogP) is 4.14. The van der Waals surface area contributed by atoms with Crippen molar-refractivity contribution in [1.82, 2.24) is 19.9 Å². The molecule has 0 unspecified atom stereocenters. The minimum atomic E-state index is -0.184. The minimum Gasteiger partial charge on any atom is -0.417 e. The summed E-state index contributed by atoms with van der Waals surface area (Å²) in [6, 6.07) is 17.2. The van der Waals surface area contributed by atoms with Crippen LogP contribution in [0.1, 0.15) is 11.6 Å². The Balaban J connectivity index is 1.52. The Labute approximate surface area is 203 Å². The average Bonchev–Trinajstić information content (AvgIpc) is 3.30. The van der Waals surface area contributed by atoms with Crippen LogP contribution in [0.3, 0.4) is 0 Å². The molecule has 2 aromatic carbocycles. The zero-order valence-electron chi connectivity index (χ0n) is 19.9. The van der Waals surface area contributed by atoms with E-state index in [-0.39, 0.29) is 11.9 Å². The van der Waals surface area contributed by atoms with Crippen LogP contribution in [0.2, 0.25) is 0 Å². The van der Waals surface area contributed by atoms with E-state index in [1.807, 2.05) is 67.5 Å². The molecule has 35 heavy (non-hydrogen) atoms. The molecule has 4 aromatic rings. The molecule has 9 heteroatoms. The van der Waals surface area contributed by atoms with E-state index in [4.69, 9.17) is 9.15 Å². The molecule has 4 rings (SSSR count). The second kappa shape index (κ2) is 11.4. The molecule has 0 saturated heterocycles. The summed E-state index contributed by atoms with van der Waals surface area (Å²) >= 11 is 0. The van der Waals surface area contributed by atoms with Gasteiger partial charge < -0.3 is 24.7 Å². The summed E-state index contributed by atoms with van der Waals surface area (Å²) in [4.78, 5) is 27.3. The monoisotopic (exact) mass is 472 g/mol. The Morgan fingerprint density at radius 2 is 1.89 bits per heavy atom. The highest BCUT2D eigenvalue weighted by atomic mass is 16.5. The van der Waals surface area contributed by atoms with Crippen molar-refractivity contribution in [2.24, 2.45) is 0 Å². The first kappa shape index (κ1) is 24.1. The third-order valence-electron chi connectivity index (χ3n) is 5.18. The number of methoxy groups -OCH3 is 1. The molecular formula is C26H28N6O3. The summed E-state index contributed by atoms with van der Waals surface area (Å²) in [6.45, 7) is 1.15. The number of rotatable bonds is 10. The highest BCUT2D eigenvalue weighted by Gasteiger charge is 2.18. The Bertz CT molecular complexity index is 1290. The Hall–Kier alpha value is -4.08. The van der Waals surface area contributed by atoms with Gasteiger partial charge in [0.2, 0.25) is 11.8 Å². The third-order valence-corrected chi connectivity index (χ3v) is 5.18. The zero-order chi connectivity index (χ0) is 24.6. The summed E-state index contributed by atoms with van der Waals surface area (Å²) in [7, 11) is 5.55. The van der Waals surface area contributed by atoms with Crippen molar-refractivity contribution in [3.05, 3.63) is 78.6 Å². The maximum atomic E-state index is 12.1. The van der Waals surface area contributed by atoms with Gasteiger partial charge in [-0.25, -0.2) is 9.97 Å². The van der Waals surface area contributed by atoms with Gasteiger partial charge in [-0.1, -0.05) is 36.4 Å². The van der Waals surface area contributed by atoms with Crippen molar-refractivity contribution in [3.63, 3.8) is 0 Å². The summed E-state index contributed by atoms with van der Waals surface area (Å²) in [5.41, 5.74) is 3.41. The molecule has 180 valence electrons. The number of ether oxygens (including phenoxy) is 1. The average molecular weight is 473 g/mol. The molecule has 0 aliphatic heterocycles. The summed E-state index contributed by atoms with van der Waals surface area (Å²) in [5, 5.41) is 6.24. The lowest BCUT2D eigenvalue weighted by atomic mass is 10.1. The van der Waals surface area contributed by atoms with Crippen molar-refractivity contribution in [3.8, 4) is 11.5 Å². The van der Waals surface area contributed by atoms with Gasteiger partial charge in [0, 0.05) is 31.0 Å². The number of carbonyl (C=O) groups excluding carboxylic acids is 1. The highest BCUT2D eigenvalue weighted by Crippen LogP contribution is 2.29. The van der Waals surface area contributed by atoms with Gasteiger partial charge in [-0.05, 0) is 43.9 Å². The van der Waals surface area contributed by atoms with Gasteiger partial charge in [0.05, 0.1) is 12.6 Å². The summed E-state index contributed by atoms with van der Waals surface area (Å²) in [5.74, 6) is 0.788. The SMILES string of the molecule is COC[C@@H](Nc1ncnc2oc(-c3ccc(NC(=O)C=CCN(C)C)cc3)nc12)c1ccccc1. The number of fused-ring (bicyclic) bond motifs is 1. The summed E-state index contributed by atoms with van der Waals surface area (Å²) in [6.07, 6.45) is 4.77. The minimum absolute atomic E-state index is 0.117. The molecule has 2 aromatic heterocycles. The topological polar surface area (TPSA) is 105 Å². The lowest BCUT2D eigenvalue weighted by Gasteiger charge is -2.18. The number of nitrogens with one attached hydrogen (secondary N) is 2. The molecule has 0 aliphatic carbocycles. The number of carbonyl (C=O) groups is 1. The van der Waals surface area contributed by atoms with Crippen LogP contribution in [0.5, 0.6) is 0 Å². The van der Waals surface area contributed by atoms with Gasteiger partial charge in [0.1, 0.15) is 6.33 Å². The van der Waals surface area contributed by atoms with Crippen molar-refractivity contribution in [1.29, 1.82) is 0 Å². The fourth-order valence-corrected chi connectivity index (χ4v) is 3.47. The molecule has 0 saturated carbocycles. The maximum Gasteiger partial charge on any atom is 0.252 e. The Morgan fingerprint density at radius 1 is 1.11 bits per heavy atom. The molecule has 9 nitrogen and oxygen atoms in total. The van der Waals surface area contributed by atoms with Crippen LogP contribution in [0, 0.1) is 0 Å². The fourth-order valence-electron chi connectivity index (χ4n) is 3.47. The van der Waals surface area contributed by atoms with E-state index >= 15 is 0 Å². The number of hydrogen-bond acceptors (Lipinski definition) is 8. The largest absolute Gasteiger partial charge is 0.417 e. The predicted molar refractivity (Wildman–Crippen MR) is 136 cm³/mol. The molecule has 2 N–H and O–H groups in total. The van der Waals surface area contributed by atoms with Crippen LogP contribution in [0.4, 0.5) is 11.5 Å². The van der Waals surface area contributed by atoms with Gasteiger partial charge in [0.25, 0.3) is 5.71 Å². The summed E-state index contributed by atoms with van der Waals surface area (Å²) < 4.78 is 11.3. The van der Waals surface area contributed by atoms with Crippen LogP contribution in [-0.4, -0.2) is 60.1 Å². The standard InChI is InChI=1S/C26H28N6O3/c1-32(2)15-7-10-22(33)29-20-13-11-19(12-14-20)25-31-23-24(27-17-28-26(23)35-25)30-21(16-34-3)18-8-5-4-6-9-18/h4-14,17,21H,15-16H2,1-3H3,(H,29,33)(H,27,28,30)/t21-/m1/s1. The van der Waals surface area contributed by atoms with E-state index in [1.54, 1.807) is 19.2 Å². The number of amides is 1. The number of nitrogens with zero attached hydrogens (tertiary/aromatic N) is 4. The molecular weight excluding hydrogens is 444 g/mol. The first-order valence-electron chi connectivity index (χ1n) is 11.2. The van der Waals surface area contributed by atoms with Gasteiger partial charge in [-0.3, -0.25) is 4.79 Å². The molecule has 2 heterocycles. The van der Waals surface area contributed by atoms with Crippen LogP contribution < -0.4 is 10.6 Å². The number of benzene rings is 2. The number of oxazole rings is 1. The van der Waals surface area contributed by atoms with E-state index in [1.165, 1.54) is 12.4 Å². The van der Waals surface area contributed by atoms with Crippen molar-refractivity contribution < 1.29 is 13.9 Å². The van der Waals surface area contributed by atoms with Gasteiger partial charge in [0.15, 0.2) is 11.3 Å². The quantitative estimate of drug-likeness (QED) is 0.332. The first-order chi connectivity index (χ1) is 17.0. The van der Waals surface area contributed by atoms with E-state index in [0.717, 1.165) is 11.1 Å². The lowest BCUT2D eigenvalue weighted by molar-refractivity contribution is -0.111. The lowest BCUT2D eigenvalue weighted by Crippen LogP contribution is -2.17. The Morgan fingerprint density at radius 3 is 2.60 bits per heavy atom. The van der Waals surface area contributed by atoms with Crippen LogP contribution in [0.25, 0.3) is 22.7 Å². The van der Waals surface area contributed by atoms with Gasteiger partial charge in [-0.2, -0.15) is 4.98 Å². The molecule has 1 atom stereocenters. The molecule has 0 aliphatic rings. The number of anilines is 2. The highest BCUT2D eigenvalue weighted by molar-refractivity contribution is 5.99. The van der Waals surface area contributed by atoms with Crippen LogP contribution in [0.15, 0.2) is 77.5 Å². The zero-order valence-corrected chi connectivity index (χ0v) is 19.9. The molecule has 0 fully saturated rings. The maximum absolute atomic E-state index is 12.1. The number of hydrogen-bond donors (Lipinski definition) is 2. The van der Waals surface area contributed by atoms with Crippen LogP contribution >= 0.6 is 0 Å². The molecule has 0 radical (unpaired) electrons. The van der Waals surface area contributed by atoms with Crippen LogP contribution in [-0.2, 0) is 9.53 Å². The van der Waals surface area contributed by atoms with Crippen molar-refractivity contribution in [2.45, 2.75) is 6.04 Å². The van der Waals surface area contributed by atoms with Crippen molar-refractivity contribution in [2.75, 3.05) is 45.0 Å². The molecule has 0 spiro atoms. The van der Waals surface area contributed by atoms with E-state index in [9.17, 15) is 4.79 Å². The first-order valence-corrected chi connectivity index (χ1v) is 11.2. The number of likely N-dealkylation sites (N-methyl/N-ethyl adjacent to an activating group) is 1. The second-order valence-corrected chi connectivity index (χ2v) is 8.19. The van der Waals surface area contributed by atoms with E-state index < -0.39 is 0 Å². The molecule has 1 amide bonds. The van der Waals surface area contributed by atoms with E-state index in [2.05, 4.69) is 25.6 Å². The second-order valence-electron chi connectivity index (χ2n) is 8.19. The smallest absolute Gasteiger partial charge is 0.252 e. The fraction of sp³-hybridized carbons (Fsp3) is 0.231. The van der Waals surface area contributed by atoms with E-state index in [0.29, 0.717) is 41.8 Å². The number of aromatic nitrogens is 3. The van der Waals surface area contributed by atoms with Gasteiger partial charge >= 0.3 is 0 Å².